The zero-order chi connectivity index (χ0) is 19.8. The molecule has 0 heterocycles. The van der Waals surface area contributed by atoms with Gasteiger partial charge in [-0.2, -0.15) is 0 Å². The highest BCUT2D eigenvalue weighted by Crippen LogP contribution is 2.50. The first-order valence-electron chi connectivity index (χ1n) is 10.3. The molecule has 0 aromatic carbocycles. The largest absolute Gasteiger partial charge is 0.392 e. The number of fused-ring (bicyclic) bond motifs is 1. The molecule has 2 fully saturated rings. The van der Waals surface area contributed by atoms with Crippen molar-refractivity contribution in [2.45, 2.75) is 51.7 Å². The Balaban J connectivity index is 1.85. The number of hydrogen-bond acceptors (Lipinski definition) is 4. The average molecular weight is 376 g/mol. The van der Waals surface area contributed by atoms with Crippen molar-refractivity contribution in [1.82, 2.24) is 4.90 Å². The van der Waals surface area contributed by atoms with Crippen LogP contribution in [0.25, 0.3) is 0 Å². The van der Waals surface area contributed by atoms with E-state index in [-0.39, 0.29) is 17.9 Å². The van der Waals surface area contributed by atoms with Crippen LogP contribution in [0.3, 0.4) is 0 Å². The minimum absolute atomic E-state index is 0.112. The first kappa shape index (κ1) is 22.2. The van der Waals surface area contributed by atoms with E-state index in [1.165, 1.54) is 5.57 Å². The minimum atomic E-state index is -0.501. The molecular formula is C23H37NO3. The molecule has 4 nitrogen and oxygen atoms in total. The van der Waals surface area contributed by atoms with Crippen molar-refractivity contribution in [3.63, 3.8) is 0 Å². The molecular weight excluding hydrogens is 338 g/mol. The molecule has 0 aliphatic heterocycles. The Labute approximate surface area is 165 Å². The van der Waals surface area contributed by atoms with Gasteiger partial charge in [0.25, 0.3) is 0 Å². The third-order valence-corrected chi connectivity index (χ3v) is 6.00. The van der Waals surface area contributed by atoms with Gasteiger partial charge in [0.15, 0.2) is 0 Å². The normalized spacial score (nSPS) is 31.3. The second-order valence-corrected chi connectivity index (χ2v) is 8.44. The quantitative estimate of drug-likeness (QED) is 0.370. The molecule has 27 heavy (non-hydrogen) atoms. The van der Waals surface area contributed by atoms with Crippen molar-refractivity contribution in [2.24, 2.45) is 23.7 Å². The maximum absolute atomic E-state index is 10.5. The molecule has 0 aromatic rings. The van der Waals surface area contributed by atoms with E-state index in [4.69, 9.17) is 4.74 Å². The molecule has 0 aromatic heterocycles. The van der Waals surface area contributed by atoms with E-state index in [9.17, 15) is 10.2 Å². The number of ether oxygens (including phenoxy) is 1. The molecule has 0 amide bonds. The van der Waals surface area contributed by atoms with Gasteiger partial charge in [-0.3, -0.25) is 0 Å². The van der Waals surface area contributed by atoms with Gasteiger partial charge in [0, 0.05) is 18.9 Å². The lowest BCUT2D eigenvalue weighted by molar-refractivity contribution is 0.136. The topological polar surface area (TPSA) is 52.9 Å². The van der Waals surface area contributed by atoms with E-state index in [1.54, 1.807) is 0 Å². The Hall–Kier alpha value is -1.12. The van der Waals surface area contributed by atoms with Gasteiger partial charge in [0.1, 0.15) is 0 Å². The SMILES string of the molecule is CC#CC[C@H](C)[C@H](O)/C=C/[C@@H]1[C@H]2C/C(=C/COCCN(C)C)C[C@H]2C[C@H]1O. The van der Waals surface area contributed by atoms with E-state index in [2.05, 4.69) is 28.9 Å². The van der Waals surface area contributed by atoms with Crippen molar-refractivity contribution in [3.05, 3.63) is 23.8 Å². The van der Waals surface area contributed by atoms with E-state index >= 15 is 0 Å². The number of rotatable bonds is 9. The summed E-state index contributed by atoms with van der Waals surface area (Å²) >= 11 is 0. The lowest BCUT2D eigenvalue weighted by Gasteiger charge is -2.19. The summed E-state index contributed by atoms with van der Waals surface area (Å²) < 4.78 is 5.69. The van der Waals surface area contributed by atoms with E-state index in [0.29, 0.717) is 24.9 Å². The second kappa shape index (κ2) is 11.0. The van der Waals surface area contributed by atoms with Gasteiger partial charge in [-0.15, -0.1) is 11.8 Å². The zero-order valence-electron chi connectivity index (χ0n) is 17.4. The zero-order valence-corrected chi connectivity index (χ0v) is 17.4. The fourth-order valence-electron chi connectivity index (χ4n) is 4.26. The summed E-state index contributed by atoms with van der Waals surface area (Å²) in [6.45, 7) is 6.22. The highest BCUT2D eigenvalue weighted by molar-refractivity contribution is 5.18. The van der Waals surface area contributed by atoms with Crippen molar-refractivity contribution in [3.8, 4) is 11.8 Å². The summed E-state index contributed by atoms with van der Waals surface area (Å²) in [5, 5.41) is 20.8. The van der Waals surface area contributed by atoms with Crippen LogP contribution in [0, 0.1) is 35.5 Å². The van der Waals surface area contributed by atoms with Gasteiger partial charge in [0.05, 0.1) is 25.4 Å². The molecule has 0 radical (unpaired) electrons. The van der Waals surface area contributed by atoms with E-state index < -0.39 is 6.10 Å². The Morgan fingerprint density at radius 3 is 2.81 bits per heavy atom. The van der Waals surface area contributed by atoms with Gasteiger partial charge < -0.3 is 19.8 Å². The average Bonchev–Trinajstić information content (AvgIpc) is 3.13. The van der Waals surface area contributed by atoms with Crippen LogP contribution in [0.15, 0.2) is 23.8 Å². The van der Waals surface area contributed by atoms with Crippen molar-refractivity contribution in [2.75, 3.05) is 33.9 Å². The van der Waals surface area contributed by atoms with Gasteiger partial charge in [-0.25, -0.2) is 0 Å². The molecule has 2 N–H and O–H groups in total. The number of allylic oxidation sites excluding steroid dienone is 1. The predicted octanol–water partition coefficient (Wildman–Crippen LogP) is 2.86. The summed E-state index contributed by atoms with van der Waals surface area (Å²) in [6.07, 6.45) is 9.08. The highest BCUT2D eigenvalue weighted by atomic mass is 16.5. The molecule has 2 saturated carbocycles. The number of aliphatic hydroxyl groups excluding tert-OH is 2. The van der Waals surface area contributed by atoms with E-state index in [0.717, 1.165) is 32.4 Å². The Morgan fingerprint density at radius 1 is 1.33 bits per heavy atom. The summed E-state index contributed by atoms with van der Waals surface area (Å²) in [6, 6.07) is 0. The Kier molecular flexibility index (Phi) is 9.05. The third-order valence-electron chi connectivity index (χ3n) is 6.00. The van der Waals surface area contributed by atoms with Crippen LogP contribution >= 0.6 is 0 Å². The predicted molar refractivity (Wildman–Crippen MR) is 110 cm³/mol. The molecule has 0 saturated heterocycles. The molecule has 152 valence electrons. The van der Waals surface area contributed by atoms with Crippen molar-refractivity contribution >= 4 is 0 Å². The molecule has 2 rings (SSSR count). The van der Waals surface area contributed by atoms with Crippen LogP contribution < -0.4 is 0 Å². The lowest BCUT2D eigenvalue weighted by Crippen LogP contribution is -2.19. The second-order valence-electron chi connectivity index (χ2n) is 8.44. The monoisotopic (exact) mass is 375 g/mol. The van der Waals surface area contributed by atoms with Crippen LogP contribution in [-0.4, -0.2) is 61.2 Å². The van der Waals surface area contributed by atoms with Crippen LogP contribution in [-0.2, 0) is 4.74 Å². The van der Waals surface area contributed by atoms with Crippen LogP contribution in [0.5, 0.6) is 0 Å². The number of nitrogens with zero attached hydrogens (tertiary/aromatic N) is 1. The minimum Gasteiger partial charge on any atom is -0.392 e. The maximum atomic E-state index is 10.5. The van der Waals surface area contributed by atoms with Crippen molar-refractivity contribution in [1.29, 1.82) is 0 Å². The lowest BCUT2D eigenvalue weighted by atomic mass is 9.89. The Bertz CT molecular complexity index is 572. The molecule has 2 aliphatic rings. The highest BCUT2D eigenvalue weighted by Gasteiger charge is 2.44. The van der Waals surface area contributed by atoms with Gasteiger partial charge in [-0.1, -0.05) is 30.7 Å². The molecule has 6 atom stereocenters. The molecule has 0 unspecified atom stereocenters. The fourth-order valence-corrected chi connectivity index (χ4v) is 4.26. The number of likely N-dealkylation sites (N-methyl/N-ethyl adjacent to an activating group) is 1. The fraction of sp³-hybridized carbons (Fsp3) is 0.739. The molecule has 0 spiro atoms. The van der Waals surface area contributed by atoms with Crippen LogP contribution in [0.1, 0.15) is 39.5 Å². The summed E-state index contributed by atoms with van der Waals surface area (Å²) in [7, 11) is 4.10. The first-order chi connectivity index (χ1) is 12.9. The van der Waals surface area contributed by atoms with E-state index in [1.807, 2.05) is 34.0 Å². The first-order valence-corrected chi connectivity index (χ1v) is 10.3. The third kappa shape index (κ3) is 6.76. The number of aliphatic hydroxyl groups is 2. The summed E-state index contributed by atoms with van der Waals surface area (Å²) in [5.41, 5.74) is 1.47. The van der Waals surface area contributed by atoms with Crippen LogP contribution in [0.4, 0.5) is 0 Å². The molecule has 0 bridgehead atoms. The number of hydrogen-bond donors (Lipinski definition) is 2. The van der Waals surface area contributed by atoms with Gasteiger partial charge >= 0.3 is 0 Å². The summed E-state index contributed by atoms with van der Waals surface area (Å²) in [5.74, 6) is 7.21. The van der Waals surface area contributed by atoms with Gasteiger partial charge in [0.2, 0.25) is 0 Å². The van der Waals surface area contributed by atoms with Gasteiger partial charge in [-0.05, 0) is 58.0 Å². The smallest absolute Gasteiger partial charge is 0.0755 e. The summed E-state index contributed by atoms with van der Waals surface area (Å²) in [4.78, 5) is 2.12. The molecule has 2 aliphatic carbocycles. The molecule has 4 heteroatoms. The maximum Gasteiger partial charge on any atom is 0.0755 e. The standard InChI is InChI=1S/C23H37NO3/c1-5-6-7-17(2)22(25)9-8-20-21-15-18(14-19(21)16-23(20)26)10-12-27-13-11-24(3)4/h8-10,17,19-23,25-26H,7,11-16H2,1-4H3/b9-8+,18-10+/t17-,19-,20+,21-,22+,23+/m0/s1. The Morgan fingerprint density at radius 2 is 2.11 bits per heavy atom. The van der Waals surface area contributed by atoms with Crippen molar-refractivity contribution < 1.29 is 14.9 Å². The van der Waals surface area contributed by atoms with Crippen LogP contribution in [0.2, 0.25) is 0 Å².